The monoisotopic (exact) mass is 269 g/mol. The van der Waals surface area contributed by atoms with E-state index in [2.05, 4.69) is 27.8 Å². The van der Waals surface area contributed by atoms with E-state index in [-0.39, 0.29) is 5.56 Å². The summed E-state index contributed by atoms with van der Waals surface area (Å²) in [6.07, 6.45) is 2.58. The Morgan fingerprint density at radius 2 is 2.33 bits per heavy atom. The highest BCUT2D eigenvalue weighted by atomic mass is 79.9. The topological polar surface area (TPSA) is 49.3 Å². The molecule has 15 heavy (non-hydrogen) atoms. The van der Waals surface area contributed by atoms with E-state index in [4.69, 9.17) is 5.11 Å². The Labute approximate surface area is 96.9 Å². The lowest BCUT2D eigenvalue weighted by molar-refractivity contribution is 0.0697. The molecular weight excluding hydrogens is 258 g/mol. The van der Waals surface area contributed by atoms with Gasteiger partial charge in [0.2, 0.25) is 0 Å². The zero-order valence-electron chi connectivity index (χ0n) is 8.16. The predicted octanol–water partition coefficient (Wildman–Crippen LogP) is 3.14. The van der Waals surface area contributed by atoms with Gasteiger partial charge >= 0.3 is 5.97 Å². The van der Waals surface area contributed by atoms with Crippen LogP contribution in [0.25, 0.3) is 0 Å². The summed E-state index contributed by atoms with van der Waals surface area (Å²) >= 11 is 3.22. The minimum Gasteiger partial charge on any atom is -0.478 e. The van der Waals surface area contributed by atoms with Gasteiger partial charge in [-0.3, -0.25) is 0 Å². The van der Waals surface area contributed by atoms with Gasteiger partial charge in [0.1, 0.15) is 0 Å². The van der Waals surface area contributed by atoms with Crippen molar-refractivity contribution in [2.45, 2.75) is 6.42 Å². The number of carbonyl (C=O) groups is 1. The molecule has 1 aromatic rings. The fourth-order valence-corrected chi connectivity index (χ4v) is 1.73. The smallest absolute Gasteiger partial charge is 0.338 e. The van der Waals surface area contributed by atoms with Gasteiger partial charge in [0, 0.05) is 16.7 Å². The molecule has 0 aromatic heterocycles. The molecule has 0 aliphatic heterocycles. The molecule has 0 saturated carbocycles. The van der Waals surface area contributed by atoms with Crippen molar-refractivity contribution in [3.63, 3.8) is 0 Å². The molecule has 0 fully saturated rings. The molecule has 1 aromatic carbocycles. The van der Waals surface area contributed by atoms with E-state index in [9.17, 15) is 4.79 Å². The van der Waals surface area contributed by atoms with Crippen molar-refractivity contribution in [3.8, 4) is 0 Å². The lowest BCUT2D eigenvalue weighted by Crippen LogP contribution is -2.07. The highest BCUT2D eigenvalue weighted by molar-refractivity contribution is 9.10. The Bertz CT molecular complexity index is 377. The van der Waals surface area contributed by atoms with Crippen molar-refractivity contribution in [2.75, 3.05) is 11.9 Å². The standard InChI is InChI=1S/C11H12BrNO2/c1-2-3-7-13-9-6-4-5-8(12)10(9)11(14)15/h2,4-6,13H,1,3,7H2,(H,14,15). The van der Waals surface area contributed by atoms with E-state index in [1.807, 2.05) is 0 Å². The molecule has 1 rings (SSSR count). The number of benzene rings is 1. The Balaban J connectivity index is 2.90. The second-order valence-electron chi connectivity index (χ2n) is 2.97. The Morgan fingerprint density at radius 1 is 1.60 bits per heavy atom. The lowest BCUT2D eigenvalue weighted by Gasteiger charge is -2.09. The fraction of sp³-hybridized carbons (Fsp3) is 0.182. The summed E-state index contributed by atoms with van der Waals surface area (Å²) in [7, 11) is 0. The summed E-state index contributed by atoms with van der Waals surface area (Å²) in [6.45, 7) is 4.28. The van der Waals surface area contributed by atoms with Gasteiger partial charge in [-0.2, -0.15) is 0 Å². The van der Waals surface area contributed by atoms with Crippen LogP contribution in [-0.4, -0.2) is 17.6 Å². The van der Waals surface area contributed by atoms with Crippen LogP contribution in [0, 0.1) is 0 Å². The summed E-state index contributed by atoms with van der Waals surface area (Å²) < 4.78 is 0.582. The van der Waals surface area contributed by atoms with Crippen LogP contribution in [0.1, 0.15) is 16.8 Å². The Morgan fingerprint density at radius 3 is 2.93 bits per heavy atom. The second-order valence-corrected chi connectivity index (χ2v) is 3.83. The molecule has 0 unspecified atom stereocenters. The molecule has 2 N–H and O–H groups in total. The van der Waals surface area contributed by atoms with Gasteiger partial charge in [0.05, 0.1) is 5.56 Å². The molecule has 0 spiro atoms. The minimum absolute atomic E-state index is 0.265. The first kappa shape index (κ1) is 11.8. The van der Waals surface area contributed by atoms with Crippen LogP contribution in [-0.2, 0) is 0 Å². The van der Waals surface area contributed by atoms with Crippen LogP contribution in [0.15, 0.2) is 35.3 Å². The molecule has 0 aliphatic rings. The van der Waals surface area contributed by atoms with E-state index in [1.54, 1.807) is 24.3 Å². The third kappa shape index (κ3) is 3.09. The van der Waals surface area contributed by atoms with Crippen LogP contribution in [0.5, 0.6) is 0 Å². The molecule has 0 radical (unpaired) electrons. The number of nitrogens with one attached hydrogen (secondary N) is 1. The molecule has 0 amide bonds. The maximum absolute atomic E-state index is 11.0. The molecule has 3 nitrogen and oxygen atoms in total. The number of hydrogen-bond acceptors (Lipinski definition) is 2. The number of hydrogen-bond donors (Lipinski definition) is 2. The van der Waals surface area contributed by atoms with Crippen molar-refractivity contribution >= 4 is 27.6 Å². The first-order valence-electron chi connectivity index (χ1n) is 4.53. The third-order valence-electron chi connectivity index (χ3n) is 1.89. The van der Waals surface area contributed by atoms with Crippen molar-refractivity contribution in [2.24, 2.45) is 0 Å². The van der Waals surface area contributed by atoms with Gasteiger partial charge in [0.15, 0.2) is 0 Å². The highest BCUT2D eigenvalue weighted by Gasteiger charge is 2.12. The molecule has 0 saturated heterocycles. The van der Waals surface area contributed by atoms with Gasteiger partial charge in [0.25, 0.3) is 0 Å². The molecule has 4 heteroatoms. The van der Waals surface area contributed by atoms with Gasteiger partial charge in [-0.25, -0.2) is 4.79 Å². The molecule has 0 aliphatic carbocycles. The van der Waals surface area contributed by atoms with E-state index < -0.39 is 5.97 Å². The minimum atomic E-state index is -0.941. The molecule has 0 bridgehead atoms. The van der Waals surface area contributed by atoms with Gasteiger partial charge in [-0.05, 0) is 34.5 Å². The first-order chi connectivity index (χ1) is 7.16. The van der Waals surface area contributed by atoms with Gasteiger partial charge < -0.3 is 10.4 Å². The normalized spacial score (nSPS) is 9.67. The first-order valence-corrected chi connectivity index (χ1v) is 5.32. The van der Waals surface area contributed by atoms with Gasteiger partial charge in [-0.1, -0.05) is 12.1 Å². The third-order valence-corrected chi connectivity index (χ3v) is 2.55. The summed E-state index contributed by atoms with van der Waals surface area (Å²) in [5, 5.41) is 12.1. The SMILES string of the molecule is C=CCCNc1cccc(Br)c1C(=O)O. The van der Waals surface area contributed by atoms with E-state index in [0.717, 1.165) is 6.42 Å². The fourth-order valence-electron chi connectivity index (χ4n) is 1.20. The van der Waals surface area contributed by atoms with Crippen molar-refractivity contribution in [3.05, 3.63) is 40.9 Å². The molecule has 0 atom stereocenters. The maximum Gasteiger partial charge on any atom is 0.338 e. The van der Waals surface area contributed by atoms with Crippen LogP contribution in [0.2, 0.25) is 0 Å². The zero-order chi connectivity index (χ0) is 11.3. The number of rotatable bonds is 5. The van der Waals surface area contributed by atoms with Crippen molar-refractivity contribution < 1.29 is 9.90 Å². The molecule has 0 heterocycles. The Hall–Kier alpha value is -1.29. The van der Waals surface area contributed by atoms with E-state index in [1.165, 1.54) is 0 Å². The molecular formula is C11H12BrNO2. The lowest BCUT2D eigenvalue weighted by atomic mass is 10.2. The van der Waals surface area contributed by atoms with Crippen LogP contribution >= 0.6 is 15.9 Å². The predicted molar refractivity (Wildman–Crippen MR) is 64.4 cm³/mol. The molecule has 80 valence electrons. The van der Waals surface area contributed by atoms with E-state index in [0.29, 0.717) is 16.7 Å². The van der Waals surface area contributed by atoms with Crippen molar-refractivity contribution in [1.29, 1.82) is 0 Å². The largest absolute Gasteiger partial charge is 0.478 e. The maximum atomic E-state index is 11.0. The number of anilines is 1. The number of carboxylic acid groups (broad SMARTS) is 1. The Kier molecular flexibility index (Phi) is 4.37. The summed E-state index contributed by atoms with van der Waals surface area (Å²) in [5.74, 6) is -0.941. The summed E-state index contributed by atoms with van der Waals surface area (Å²) in [4.78, 5) is 11.0. The summed E-state index contributed by atoms with van der Waals surface area (Å²) in [5.41, 5.74) is 0.889. The average molecular weight is 270 g/mol. The van der Waals surface area contributed by atoms with Crippen LogP contribution in [0.3, 0.4) is 0 Å². The quantitative estimate of drug-likeness (QED) is 0.638. The average Bonchev–Trinajstić information content (AvgIpc) is 2.17. The highest BCUT2D eigenvalue weighted by Crippen LogP contribution is 2.24. The summed E-state index contributed by atoms with van der Waals surface area (Å²) in [6, 6.07) is 5.26. The number of carboxylic acids is 1. The number of halogens is 1. The van der Waals surface area contributed by atoms with Gasteiger partial charge in [-0.15, -0.1) is 6.58 Å². The zero-order valence-corrected chi connectivity index (χ0v) is 9.75. The van der Waals surface area contributed by atoms with E-state index >= 15 is 0 Å². The van der Waals surface area contributed by atoms with Crippen molar-refractivity contribution in [1.82, 2.24) is 0 Å². The second kappa shape index (κ2) is 5.56. The van der Waals surface area contributed by atoms with Crippen LogP contribution in [0.4, 0.5) is 5.69 Å². The van der Waals surface area contributed by atoms with Crippen LogP contribution < -0.4 is 5.32 Å². The number of aromatic carboxylic acids is 1.